The van der Waals surface area contributed by atoms with Crippen molar-refractivity contribution in [3.8, 4) is 28.8 Å². The number of benzene rings is 3. The summed E-state index contributed by atoms with van der Waals surface area (Å²) in [5.41, 5.74) is 5.88. The molecule has 1 fully saturated rings. The molecule has 0 radical (unpaired) electrons. The molecule has 0 aliphatic heterocycles. The van der Waals surface area contributed by atoms with E-state index in [1.54, 1.807) is 7.11 Å². The largest absolute Gasteiger partial charge is 0.493 e. The summed E-state index contributed by atoms with van der Waals surface area (Å²) in [5, 5.41) is 12.6. The van der Waals surface area contributed by atoms with Gasteiger partial charge in [0.1, 0.15) is 17.7 Å². The van der Waals surface area contributed by atoms with Crippen LogP contribution in [0.1, 0.15) is 59.7 Å². The Hall–Kier alpha value is -3.88. The lowest BCUT2D eigenvalue weighted by molar-refractivity contribution is 0.284. The fourth-order valence-electron chi connectivity index (χ4n) is 4.83. The van der Waals surface area contributed by atoms with Crippen molar-refractivity contribution < 1.29 is 9.47 Å². The highest BCUT2D eigenvalue weighted by Crippen LogP contribution is 2.35. The highest BCUT2D eigenvalue weighted by molar-refractivity contribution is 7.11. The quantitative estimate of drug-likeness (QED) is 0.225. The summed E-state index contributed by atoms with van der Waals surface area (Å²) in [7, 11) is 1.62. The molecule has 0 unspecified atom stereocenters. The van der Waals surface area contributed by atoms with Gasteiger partial charge in [-0.2, -0.15) is 5.26 Å². The first-order valence-electron chi connectivity index (χ1n) is 12.8. The van der Waals surface area contributed by atoms with Crippen LogP contribution in [0.4, 0.5) is 0 Å². The Labute approximate surface area is 222 Å². The Kier molecular flexibility index (Phi) is 7.98. The molecular weight excluding hydrogens is 476 g/mol. The lowest BCUT2D eigenvalue weighted by atomic mass is 9.84. The van der Waals surface area contributed by atoms with Gasteiger partial charge in [0.2, 0.25) is 0 Å². The zero-order valence-electron chi connectivity index (χ0n) is 21.0. The second-order valence-electron chi connectivity index (χ2n) is 9.35. The molecule has 0 spiro atoms. The van der Waals surface area contributed by atoms with Crippen molar-refractivity contribution >= 4 is 23.0 Å². The number of hydrogen-bond acceptors (Lipinski definition) is 5. The van der Waals surface area contributed by atoms with Crippen molar-refractivity contribution in [2.75, 3.05) is 7.11 Å². The van der Waals surface area contributed by atoms with Gasteiger partial charge in [0.05, 0.1) is 18.4 Å². The van der Waals surface area contributed by atoms with Crippen LogP contribution in [-0.2, 0) is 6.61 Å². The lowest BCUT2D eigenvalue weighted by Crippen LogP contribution is -2.04. The Morgan fingerprint density at radius 3 is 2.51 bits per heavy atom. The first-order valence-corrected chi connectivity index (χ1v) is 13.6. The summed E-state index contributed by atoms with van der Waals surface area (Å²) in [5.74, 6) is 1.98. The van der Waals surface area contributed by atoms with Crippen LogP contribution in [-0.4, -0.2) is 12.1 Å². The van der Waals surface area contributed by atoms with Crippen LogP contribution in [0.5, 0.6) is 11.5 Å². The Morgan fingerprint density at radius 2 is 1.78 bits per heavy atom. The van der Waals surface area contributed by atoms with Gasteiger partial charge in [-0.3, -0.25) is 0 Å². The van der Waals surface area contributed by atoms with Gasteiger partial charge in [0, 0.05) is 10.9 Å². The number of ether oxygens (including phenoxy) is 2. The maximum atomic E-state index is 9.89. The molecule has 1 saturated carbocycles. The smallest absolute Gasteiger partial charge is 0.161 e. The standard InChI is InChI=1S/C32H30N2O2S/c1-35-31-19-24(12-17-30(31)36-21-23-8-4-2-5-9-23)18-28(20-33)32-34-29(22-37-32)27-15-13-26(14-16-27)25-10-6-3-7-11-25/h2,4-5,8-9,12-19,22,25H,3,6-7,10-11,21H2,1H3/b28-18-. The van der Waals surface area contributed by atoms with E-state index in [-0.39, 0.29) is 0 Å². The predicted molar refractivity (Wildman–Crippen MR) is 151 cm³/mol. The highest BCUT2D eigenvalue weighted by Gasteiger charge is 2.16. The summed E-state index contributed by atoms with van der Waals surface area (Å²) < 4.78 is 11.5. The number of methoxy groups -OCH3 is 1. The normalized spacial score (nSPS) is 14.2. The number of allylic oxidation sites excluding steroid dienone is 1. The third-order valence-electron chi connectivity index (χ3n) is 6.87. The molecular formula is C32H30N2O2S. The van der Waals surface area contributed by atoms with E-state index in [0.717, 1.165) is 22.4 Å². The van der Waals surface area contributed by atoms with E-state index in [9.17, 15) is 5.26 Å². The molecule has 186 valence electrons. The zero-order valence-corrected chi connectivity index (χ0v) is 21.8. The van der Waals surface area contributed by atoms with E-state index >= 15 is 0 Å². The van der Waals surface area contributed by atoms with Gasteiger partial charge in [-0.05, 0) is 53.7 Å². The molecule has 0 bridgehead atoms. The maximum Gasteiger partial charge on any atom is 0.161 e. The molecule has 0 amide bonds. The summed E-state index contributed by atoms with van der Waals surface area (Å²) in [6.07, 6.45) is 8.46. The molecule has 1 aromatic heterocycles. The maximum absolute atomic E-state index is 9.89. The van der Waals surface area contributed by atoms with Crippen LogP contribution in [0.25, 0.3) is 22.9 Å². The fraction of sp³-hybridized carbons (Fsp3) is 0.250. The first-order chi connectivity index (χ1) is 18.2. The van der Waals surface area contributed by atoms with Gasteiger partial charge < -0.3 is 9.47 Å². The van der Waals surface area contributed by atoms with Gasteiger partial charge in [-0.25, -0.2) is 4.98 Å². The molecule has 0 atom stereocenters. The third kappa shape index (κ3) is 6.10. The third-order valence-corrected chi connectivity index (χ3v) is 7.75. The van der Waals surface area contributed by atoms with E-state index in [4.69, 9.17) is 14.5 Å². The number of thiazole rings is 1. The summed E-state index contributed by atoms with van der Waals surface area (Å²) in [6.45, 7) is 0.458. The van der Waals surface area contributed by atoms with Gasteiger partial charge >= 0.3 is 0 Å². The number of hydrogen-bond donors (Lipinski definition) is 0. The van der Waals surface area contributed by atoms with Crippen molar-refractivity contribution in [1.29, 1.82) is 5.26 Å². The summed E-state index contributed by atoms with van der Waals surface area (Å²) in [6, 6.07) is 26.9. The topological polar surface area (TPSA) is 55.1 Å². The minimum absolute atomic E-state index is 0.458. The van der Waals surface area contributed by atoms with Crippen molar-refractivity contribution in [3.63, 3.8) is 0 Å². The molecule has 4 nitrogen and oxygen atoms in total. The minimum Gasteiger partial charge on any atom is -0.493 e. The Bertz CT molecular complexity index is 1390. The van der Waals surface area contributed by atoms with Gasteiger partial charge in [0.15, 0.2) is 11.5 Å². The zero-order chi connectivity index (χ0) is 25.5. The molecule has 1 aliphatic carbocycles. The van der Waals surface area contributed by atoms with Crippen molar-refractivity contribution in [1.82, 2.24) is 4.98 Å². The number of nitriles is 1. The average Bonchev–Trinajstić information content (AvgIpc) is 3.46. The fourth-order valence-corrected chi connectivity index (χ4v) is 5.62. The molecule has 1 heterocycles. The van der Waals surface area contributed by atoms with Crippen LogP contribution >= 0.6 is 11.3 Å². The lowest BCUT2D eigenvalue weighted by Gasteiger charge is -2.22. The average molecular weight is 507 g/mol. The highest BCUT2D eigenvalue weighted by atomic mass is 32.1. The van der Waals surface area contributed by atoms with E-state index in [0.29, 0.717) is 34.6 Å². The minimum atomic E-state index is 0.458. The first kappa shape index (κ1) is 24.8. The Balaban J connectivity index is 1.31. The van der Waals surface area contributed by atoms with Crippen LogP contribution in [0, 0.1) is 11.3 Å². The predicted octanol–water partition coefficient (Wildman–Crippen LogP) is 8.51. The van der Waals surface area contributed by atoms with Crippen LogP contribution in [0.2, 0.25) is 0 Å². The van der Waals surface area contributed by atoms with Crippen molar-refractivity contribution in [2.45, 2.75) is 44.6 Å². The molecule has 37 heavy (non-hydrogen) atoms. The molecule has 0 N–H and O–H groups in total. The van der Waals surface area contributed by atoms with Gasteiger partial charge in [-0.15, -0.1) is 11.3 Å². The second kappa shape index (κ2) is 11.9. The number of rotatable bonds is 8. The van der Waals surface area contributed by atoms with Crippen LogP contribution in [0.15, 0.2) is 78.2 Å². The monoisotopic (exact) mass is 506 g/mol. The number of nitrogens with zero attached hydrogens (tertiary/aromatic N) is 2. The van der Waals surface area contributed by atoms with Crippen molar-refractivity contribution in [3.05, 3.63) is 99.9 Å². The van der Waals surface area contributed by atoms with Gasteiger partial charge in [-0.1, -0.05) is 79.9 Å². The second-order valence-corrected chi connectivity index (χ2v) is 10.2. The molecule has 4 aromatic rings. The SMILES string of the molecule is COc1cc(/C=C(/C#N)c2nc(-c3ccc(C4CCCCC4)cc3)cs2)ccc1OCc1ccccc1. The van der Waals surface area contributed by atoms with Gasteiger partial charge in [0.25, 0.3) is 0 Å². The molecule has 0 saturated heterocycles. The van der Waals surface area contributed by atoms with E-state index < -0.39 is 0 Å². The molecule has 3 aromatic carbocycles. The van der Waals surface area contributed by atoms with Crippen LogP contribution in [0.3, 0.4) is 0 Å². The summed E-state index contributed by atoms with van der Waals surface area (Å²) in [4.78, 5) is 4.78. The van der Waals surface area contributed by atoms with E-state index in [1.165, 1.54) is 49.0 Å². The molecule has 5 rings (SSSR count). The number of aromatic nitrogens is 1. The molecule has 5 heteroatoms. The van der Waals surface area contributed by atoms with E-state index in [2.05, 4.69) is 30.3 Å². The van der Waals surface area contributed by atoms with E-state index in [1.807, 2.05) is 60.0 Å². The van der Waals surface area contributed by atoms with Crippen molar-refractivity contribution in [2.24, 2.45) is 0 Å². The summed E-state index contributed by atoms with van der Waals surface area (Å²) >= 11 is 1.49. The Morgan fingerprint density at radius 1 is 1.00 bits per heavy atom. The van der Waals surface area contributed by atoms with Crippen LogP contribution < -0.4 is 9.47 Å². The molecule has 1 aliphatic rings.